The second-order valence-electron chi connectivity index (χ2n) is 19.4. The van der Waals surface area contributed by atoms with E-state index in [9.17, 15) is 0 Å². The van der Waals surface area contributed by atoms with Crippen LogP contribution in [0.4, 0.5) is 0 Å². The van der Waals surface area contributed by atoms with Crippen LogP contribution in [0.5, 0.6) is 0 Å². The molecule has 0 saturated heterocycles. The quantitative estimate of drug-likeness (QED) is 0.0341. The fraction of sp³-hybridized carbons (Fsp3) is 1.00. The van der Waals surface area contributed by atoms with E-state index in [4.69, 9.17) is 124 Å². The summed E-state index contributed by atoms with van der Waals surface area (Å²) in [6.45, 7) is 21.8. The maximum Gasteiger partial charge on any atom is 0.679 e. The third kappa shape index (κ3) is 42.5. The highest BCUT2D eigenvalue weighted by atomic mass is 35.7. The number of hydrogen-bond acceptors (Lipinski definition) is 8. The van der Waals surface area contributed by atoms with Crippen LogP contribution >= 0.6 is 88.6 Å². The summed E-state index contributed by atoms with van der Waals surface area (Å²) < 4.78 is 52.4. The minimum Gasteiger partial charge on any atom is -0.417 e. The van der Waals surface area contributed by atoms with E-state index in [1.54, 1.807) is 0 Å². The van der Waals surface area contributed by atoms with Gasteiger partial charge in [0.2, 0.25) is 26.8 Å². The van der Waals surface area contributed by atoms with Crippen LogP contribution in [-0.4, -0.2) is 122 Å². The maximum absolute atomic E-state index is 6.71. The van der Waals surface area contributed by atoms with Crippen LogP contribution in [0.1, 0.15) is 51.4 Å². The zero-order valence-electron chi connectivity index (χ0n) is 39.8. The molecule has 0 unspecified atom stereocenters. The Morgan fingerprint density at radius 2 is 0.377 bits per heavy atom. The molecule has 368 valence electrons. The van der Waals surface area contributed by atoms with Gasteiger partial charge in [0.1, 0.15) is 0 Å². The summed E-state index contributed by atoms with van der Waals surface area (Å²) in [5.41, 5.74) is 0. The first kappa shape index (κ1) is 65.0. The molecule has 0 aromatic heterocycles. The molecule has 25 heteroatoms. The van der Waals surface area contributed by atoms with Gasteiger partial charge in [0.05, 0.1) is 0 Å². The lowest BCUT2D eigenvalue weighted by Gasteiger charge is -2.31. The maximum atomic E-state index is 6.71. The van der Waals surface area contributed by atoms with Crippen LogP contribution in [0.15, 0.2) is 0 Å². The highest BCUT2D eigenvalue weighted by Crippen LogP contribution is 2.27. The molecule has 0 amide bonds. The SMILES string of the molecule is C[Si](Cl)(Cl)CCCO[Si](C)(C)CCCO[Si](OCCC[Si](C)(C)OCCC[Si](C)(Cl)Cl)(OCCC[Si](C)(C)OCCC[Si](C)(Cl)Cl)OCCC[Si](C)(C)OCCC[Si](C)(Cl)Cl. The summed E-state index contributed by atoms with van der Waals surface area (Å²) >= 11 is 50.6. The number of rotatable bonds is 40. The molecule has 0 atom stereocenters. The van der Waals surface area contributed by atoms with Crippen molar-refractivity contribution in [3.8, 4) is 0 Å². The van der Waals surface area contributed by atoms with Crippen molar-refractivity contribution < 1.29 is 35.4 Å². The standard InChI is InChI=1S/C36H84Cl8O8Si9/c1-53(2,45-21-17-33-57(9,37)38)29-13-25-49-61(50-26-14-30-54(3,4)46-22-18-34-58(10,39)40,51-27-15-31-55(5,6)47-23-19-35-59(11,41)42)52-28-16-32-56(7,8)48-24-20-36-60(12,43)44/h13-36H2,1-12H3. The molecule has 0 radical (unpaired) electrons. The Morgan fingerprint density at radius 3 is 0.541 bits per heavy atom. The second-order valence-corrected chi connectivity index (χ2v) is 71.7. The predicted octanol–water partition coefficient (Wildman–Crippen LogP) is 15.7. The lowest BCUT2D eigenvalue weighted by atomic mass is 10.5. The van der Waals surface area contributed by atoms with Crippen molar-refractivity contribution in [3.63, 3.8) is 0 Å². The van der Waals surface area contributed by atoms with E-state index in [0.717, 1.165) is 99.7 Å². The van der Waals surface area contributed by atoms with E-state index >= 15 is 0 Å². The first-order valence-electron chi connectivity index (χ1n) is 22.3. The third-order valence-electron chi connectivity index (χ3n) is 9.82. The zero-order chi connectivity index (χ0) is 47.1. The lowest BCUT2D eigenvalue weighted by molar-refractivity contribution is -0.0351. The third-order valence-corrected chi connectivity index (χ3v) is 31.7. The van der Waals surface area contributed by atoms with Gasteiger partial charge in [-0.1, -0.05) is 0 Å². The molecule has 0 rings (SSSR count). The Bertz CT molecular complexity index is 975. The Hall–Kier alpha value is 3.95. The highest BCUT2D eigenvalue weighted by Gasteiger charge is 2.46. The minimum atomic E-state index is -3.59. The molecule has 0 saturated carbocycles. The largest absolute Gasteiger partial charge is 0.679 e. The summed E-state index contributed by atoms with van der Waals surface area (Å²) in [6.07, 6.45) is 6.73. The van der Waals surface area contributed by atoms with Gasteiger partial charge in [-0.3, -0.25) is 0 Å². The smallest absolute Gasteiger partial charge is 0.417 e. The van der Waals surface area contributed by atoms with Crippen molar-refractivity contribution in [1.82, 2.24) is 0 Å². The molecule has 0 fully saturated rings. The van der Waals surface area contributed by atoms with Gasteiger partial charge < -0.3 is 35.4 Å². The van der Waals surface area contributed by atoms with Gasteiger partial charge >= 0.3 is 9.05 Å². The van der Waals surface area contributed by atoms with Gasteiger partial charge in [0.25, 0.3) is 0 Å². The predicted molar refractivity (Wildman–Crippen MR) is 292 cm³/mol. The average Bonchev–Trinajstić information content (AvgIpc) is 3.08. The van der Waals surface area contributed by atoms with Crippen LogP contribution in [-0.2, 0) is 35.4 Å². The normalized spacial score (nSPS) is 14.4. The summed E-state index contributed by atoms with van der Waals surface area (Å²) in [6, 6.07) is 7.00. The summed E-state index contributed by atoms with van der Waals surface area (Å²) in [4.78, 5) is 0. The van der Waals surface area contributed by atoms with E-state index < -0.39 is 69.1 Å². The van der Waals surface area contributed by atoms with Gasteiger partial charge in [-0.05, 0) is 178 Å². The zero-order valence-corrected chi connectivity index (χ0v) is 54.8. The van der Waals surface area contributed by atoms with E-state index in [1.165, 1.54) is 0 Å². The first-order chi connectivity index (χ1) is 27.7. The molecule has 0 heterocycles. The van der Waals surface area contributed by atoms with Gasteiger partial charge in [-0.2, -0.15) is 0 Å². The number of halogens is 8. The number of hydrogen-bond donors (Lipinski definition) is 0. The molecule has 0 aliphatic heterocycles. The molecule has 0 aromatic rings. The Labute approximate surface area is 420 Å². The first-order valence-corrected chi connectivity index (χ1v) is 55.3. The molecule has 0 spiro atoms. The van der Waals surface area contributed by atoms with Crippen molar-refractivity contribution in [1.29, 1.82) is 0 Å². The van der Waals surface area contributed by atoms with Gasteiger partial charge in [-0.25, -0.2) is 0 Å². The van der Waals surface area contributed by atoms with Crippen molar-refractivity contribution in [2.75, 3.05) is 52.9 Å². The summed E-state index contributed by atoms with van der Waals surface area (Å²) in [7, 11) is -11.4. The van der Waals surface area contributed by atoms with Crippen LogP contribution in [0.25, 0.3) is 0 Å². The minimum absolute atomic E-state index is 0.451. The van der Waals surface area contributed by atoms with Crippen LogP contribution in [0.3, 0.4) is 0 Å². The molecule has 0 aromatic carbocycles. The molecule has 0 aliphatic carbocycles. The Morgan fingerprint density at radius 1 is 0.230 bits per heavy atom. The molecular weight excluding hydrogens is 1100 g/mol. The molecule has 0 N–H and O–H groups in total. The summed E-state index contributed by atoms with van der Waals surface area (Å²) in [5, 5.41) is 0. The van der Waals surface area contributed by atoms with Crippen molar-refractivity contribution >= 4 is 158 Å². The average molecular weight is 1180 g/mol. The fourth-order valence-corrected chi connectivity index (χ4v) is 21.9. The molecule has 8 nitrogen and oxygen atoms in total. The second kappa shape index (κ2) is 31.3. The molecule has 0 bridgehead atoms. The van der Waals surface area contributed by atoms with Gasteiger partial charge in [0.15, 0.2) is 33.3 Å². The topological polar surface area (TPSA) is 73.8 Å². The molecular formula is C36H84Cl8O8Si9. The van der Waals surface area contributed by atoms with E-state index in [0.29, 0.717) is 52.9 Å². The fourth-order valence-electron chi connectivity index (χ4n) is 6.24. The van der Waals surface area contributed by atoms with Crippen molar-refractivity contribution in [2.24, 2.45) is 0 Å². The highest BCUT2D eigenvalue weighted by molar-refractivity contribution is 7.46. The Kier molecular flexibility index (Phi) is 33.4. The molecule has 61 heavy (non-hydrogen) atoms. The van der Waals surface area contributed by atoms with Gasteiger partial charge in [-0.15, -0.1) is 88.6 Å². The Balaban J connectivity index is 5.90. The van der Waals surface area contributed by atoms with E-state index in [1.807, 2.05) is 26.2 Å². The lowest BCUT2D eigenvalue weighted by Crippen LogP contribution is -2.50. The van der Waals surface area contributed by atoms with E-state index in [2.05, 4.69) is 52.4 Å². The van der Waals surface area contributed by atoms with E-state index in [-0.39, 0.29) is 0 Å². The van der Waals surface area contributed by atoms with Gasteiger partial charge in [0, 0.05) is 52.9 Å². The van der Waals surface area contributed by atoms with Crippen LogP contribution in [0, 0.1) is 0 Å². The van der Waals surface area contributed by atoms with Crippen molar-refractivity contribution in [3.05, 3.63) is 0 Å². The summed E-state index contributed by atoms with van der Waals surface area (Å²) in [5.74, 6) is 0. The molecule has 0 aliphatic rings. The monoisotopic (exact) mass is 1180 g/mol. The van der Waals surface area contributed by atoms with Crippen LogP contribution < -0.4 is 0 Å². The van der Waals surface area contributed by atoms with Crippen LogP contribution in [0.2, 0.25) is 127 Å². The van der Waals surface area contributed by atoms with Crippen molar-refractivity contribution in [2.45, 2.75) is 178 Å².